The van der Waals surface area contributed by atoms with Crippen LogP contribution in [-0.2, 0) is 18.3 Å². The van der Waals surface area contributed by atoms with Crippen LogP contribution in [-0.4, -0.2) is 35.4 Å². The monoisotopic (exact) mass is 355 g/mol. The predicted molar refractivity (Wildman–Crippen MR) is 104 cm³/mol. The number of aromatic nitrogens is 2. The van der Waals surface area contributed by atoms with Crippen LogP contribution in [0.3, 0.4) is 0 Å². The molecule has 1 aliphatic rings. The van der Waals surface area contributed by atoms with E-state index in [4.69, 9.17) is 9.73 Å². The van der Waals surface area contributed by atoms with Crippen molar-refractivity contribution in [3.05, 3.63) is 53.9 Å². The number of ether oxygens (including phenoxy) is 1. The normalized spacial score (nSPS) is 20.8. The molecule has 0 spiro atoms. The summed E-state index contributed by atoms with van der Waals surface area (Å²) in [5, 5.41) is 11.0. The number of nitrogens with one attached hydrogen (secondary N) is 2. The van der Waals surface area contributed by atoms with E-state index in [-0.39, 0.29) is 6.10 Å². The minimum Gasteiger partial charge on any atom is -0.373 e. The van der Waals surface area contributed by atoms with E-state index >= 15 is 0 Å². The van der Waals surface area contributed by atoms with Crippen molar-refractivity contribution in [1.82, 2.24) is 20.4 Å². The number of aryl methyl sites for hydroxylation is 1. The molecule has 1 saturated heterocycles. The van der Waals surface area contributed by atoms with Crippen LogP contribution in [0.5, 0.6) is 0 Å². The van der Waals surface area contributed by atoms with Gasteiger partial charge in [0.25, 0.3) is 0 Å². The van der Waals surface area contributed by atoms with E-state index in [1.54, 1.807) is 6.20 Å². The van der Waals surface area contributed by atoms with Crippen molar-refractivity contribution in [3.63, 3.8) is 0 Å². The standard InChI is InChI=1S/C20H29N5O/c1-3-21-20(23-15-18-11-12-24-25(18)2)22-14-17-10-7-13-26-19(17)16-8-5-4-6-9-16/h4-6,8-9,11-12,17,19H,3,7,10,13-15H2,1-2H3,(H2,21,22,23). The van der Waals surface area contributed by atoms with Gasteiger partial charge in [0.2, 0.25) is 0 Å². The highest BCUT2D eigenvalue weighted by Gasteiger charge is 2.27. The first-order valence-electron chi connectivity index (χ1n) is 9.43. The molecule has 0 amide bonds. The first-order valence-corrected chi connectivity index (χ1v) is 9.43. The maximum absolute atomic E-state index is 6.09. The van der Waals surface area contributed by atoms with Crippen molar-refractivity contribution in [3.8, 4) is 0 Å². The van der Waals surface area contributed by atoms with Crippen molar-refractivity contribution in [2.45, 2.75) is 32.4 Å². The predicted octanol–water partition coefficient (Wildman–Crippen LogP) is 2.64. The van der Waals surface area contributed by atoms with Crippen LogP contribution >= 0.6 is 0 Å². The topological polar surface area (TPSA) is 63.5 Å². The largest absolute Gasteiger partial charge is 0.373 e. The fourth-order valence-electron chi connectivity index (χ4n) is 3.35. The Hall–Kier alpha value is -2.34. The minimum absolute atomic E-state index is 0.150. The average Bonchev–Trinajstić information content (AvgIpc) is 3.10. The fourth-order valence-corrected chi connectivity index (χ4v) is 3.35. The molecule has 0 saturated carbocycles. The van der Waals surface area contributed by atoms with E-state index in [2.05, 4.69) is 46.9 Å². The maximum Gasteiger partial charge on any atom is 0.191 e. The Morgan fingerprint density at radius 2 is 2.12 bits per heavy atom. The lowest BCUT2D eigenvalue weighted by molar-refractivity contribution is -0.0265. The molecule has 0 radical (unpaired) electrons. The fraction of sp³-hybridized carbons (Fsp3) is 0.500. The van der Waals surface area contributed by atoms with Gasteiger partial charge in [0, 0.05) is 38.9 Å². The molecule has 1 aliphatic heterocycles. The minimum atomic E-state index is 0.150. The van der Waals surface area contributed by atoms with Crippen LogP contribution < -0.4 is 10.6 Å². The molecule has 2 heterocycles. The van der Waals surface area contributed by atoms with Crippen LogP contribution in [0.15, 0.2) is 47.6 Å². The first kappa shape index (κ1) is 18.5. The molecule has 6 nitrogen and oxygen atoms in total. The molecule has 1 fully saturated rings. The van der Waals surface area contributed by atoms with Gasteiger partial charge in [-0.25, -0.2) is 4.99 Å². The van der Waals surface area contributed by atoms with E-state index in [0.717, 1.165) is 44.2 Å². The van der Waals surface area contributed by atoms with Crippen LogP contribution in [0.1, 0.15) is 37.1 Å². The molecular formula is C20H29N5O. The maximum atomic E-state index is 6.09. The highest BCUT2D eigenvalue weighted by atomic mass is 16.5. The molecule has 3 rings (SSSR count). The van der Waals surface area contributed by atoms with Crippen LogP contribution in [0.4, 0.5) is 0 Å². The molecule has 0 aliphatic carbocycles. The Kier molecular flexibility index (Phi) is 6.66. The molecule has 0 bridgehead atoms. The van der Waals surface area contributed by atoms with Crippen molar-refractivity contribution in [1.29, 1.82) is 0 Å². The van der Waals surface area contributed by atoms with E-state index in [1.165, 1.54) is 5.56 Å². The number of nitrogens with zero attached hydrogens (tertiary/aromatic N) is 3. The van der Waals surface area contributed by atoms with Gasteiger partial charge < -0.3 is 15.4 Å². The molecule has 2 N–H and O–H groups in total. The molecular weight excluding hydrogens is 326 g/mol. The SMILES string of the molecule is CCNC(=NCc1ccnn1C)NCC1CCCOC1c1ccccc1. The smallest absolute Gasteiger partial charge is 0.191 e. The Bertz CT molecular complexity index is 697. The Balaban J connectivity index is 1.62. The molecule has 26 heavy (non-hydrogen) atoms. The lowest BCUT2D eigenvalue weighted by Gasteiger charge is -2.32. The van der Waals surface area contributed by atoms with Crippen molar-refractivity contribution in [2.75, 3.05) is 19.7 Å². The summed E-state index contributed by atoms with van der Waals surface area (Å²) >= 11 is 0. The Morgan fingerprint density at radius 1 is 1.27 bits per heavy atom. The van der Waals surface area contributed by atoms with E-state index < -0.39 is 0 Å². The second-order valence-electron chi connectivity index (χ2n) is 6.63. The summed E-state index contributed by atoms with van der Waals surface area (Å²) in [5.41, 5.74) is 2.35. The number of hydrogen-bond acceptors (Lipinski definition) is 3. The Morgan fingerprint density at radius 3 is 2.85 bits per heavy atom. The van der Waals surface area contributed by atoms with Crippen LogP contribution in [0, 0.1) is 5.92 Å². The second kappa shape index (κ2) is 9.38. The number of guanidine groups is 1. The van der Waals surface area contributed by atoms with Gasteiger partial charge in [-0.05, 0) is 31.4 Å². The molecule has 6 heteroatoms. The van der Waals surface area contributed by atoms with Crippen molar-refractivity contribution < 1.29 is 4.74 Å². The summed E-state index contributed by atoms with van der Waals surface area (Å²) in [6.45, 7) is 5.20. The Labute approximate surface area is 155 Å². The second-order valence-corrected chi connectivity index (χ2v) is 6.63. The van der Waals surface area contributed by atoms with Gasteiger partial charge in [0.15, 0.2) is 5.96 Å². The summed E-state index contributed by atoms with van der Waals surface area (Å²) in [4.78, 5) is 4.69. The number of hydrogen-bond donors (Lipinski definition) is 2. The molecule has 1 aromatic carbocycles. The number of rotatable bonds is 6. The number of benzene rings is 1. The summed E-state index contributed by atoms with van der Waals surface area (Å²) in [5.74, 6) is 1.28. The highest BCUT2D eigenvalue weighted by Crippen LogP contribution is 2.32. The van der Waals surface area contributed by atoms with Gasteiger partial charge in [0.1, 0.15) is 0 Å². The van der Waals surface area contributed by atoms with Gasteiger partial charge in [-0.15, -0.1) is 0 Å². The summed E-state index contributed by atoms with van der Waals surface area (Å²) in [6.07, 6.45) is 4.22. The zero-order valence-electron chi connectivity index (χ0n) is 15.7. The van der Waals surface area contributed by atoms with Crippen LogP contribution in [0.2, 0.25) is 0 Å². The first-order chi connectivity index (χ1) is 12.8. The lowest BCUT2D eigenvalue weighted by Crippen LogP contribution is -2.42. The third kappa shape index (κ3) is 4.85. The third-order valence-electron chi connectivity index (χ3n) is 4.77. The quantitative estimate of drug-likeness (QED) is 0.618. The molecule has 2 aromatic rings. The van der Waals surface area contributed by atoms with Gasteiger partial charge in [-0.3, -0.25) is 4.68 Å². The molecule has 1 aromatic heterocycles. The zero-order chi connectivity index (χ0) is 18.2. The third-order valence-corrected chi connectivity index (χ3v) is 4.77. The average molecular weight is 355 g/mol. The van der Waals surface area contributed by atoms with Crippen molar-refractivity contribution >= 4 is 5.96 Å². The van der Waals surface area contributed by atoms with Gasteiger partial charge in [-0.1, -0.05) is 30.3 Å². The van der Waals surface area contributed by atoms with E-state index in [1.807, 2.05) is 23.9 Å². The van der Waals surface area contributed by atoms with Crippen LogP contribution in [0.25, 0.3) is 0 Å². The number of aliphatic imine (C=N–C) groups is 1. The van der Waals surface area contributed by atoms with Crippen molar-refractivity contribution in [2.24, 2.45) is 18.0 Å². The highest BCUT2D eigenvalue weighted by molar-refractivity contribution is 5.79. The van der Waals surface area contributed by atoms with E-state index in [9.17, 15) is 0 Å². The molecule has 140 valence electrons. The summed E-state index contributed by atoms with van der Waals surface area (Å²) in [7, 11) is 1.94. The zero-order valence-corrected chi connectivity index (χ0v) is 15.7. The molecule has 2 atom stereocenters. The van der Waals surface area contributed by atoms with Gasteiger partial charge in [0.05, 0.1) is 18.3 Å². The summed E-state index contributed by atoms with van der Waals surface area (Å²) in [6, 6.07) is 12.5. The molecule has 2 unspecified atom stereocenters. The van der Waals surface area contributed by atoms with Gasteiger partial charge in [-0.2, -0.15) is 5.10 Å². The van der Waals surface area contributed by atoms with E-state index in [0.29, 0.717) is 12.5 Å². The van der Waals surface area contributed by atoms with Gasteiger partial charge >= 0.3 is 0 Å². The lowest BCUT2D eigenvalue weighted by atomic mass is 9.89. The summed E-state index contributed by atoms with van der Waals surface area (Å²) < 4.78 is 7.95.